The third-order valence-corrected chi connectivity index (χ3v) is 3.99. The molecule has 4 rings (SSSR count). The van der Waals surface area contributed by atoms with Gasteiger partial charge < -0.3 is 5.73 Å². The number of halogens is 1. The minimum atomic E-state index is 0.573. The average molecular weight is 310 g/mol. The van der Waals surface area contributed by atoms with Crippen LogP contribution in [0.2, 0.25) is 5.02 Å². The van der Waals surface area contributed by atoms with Gasteiger partial charge in [0.15, 0.2) is 5.65 Å². The molecule has 2 N–H and O–H groups in total. The highest BCUT2D eigenvalue weighted by Crippen LogP contribution is 2.37. The van der Waals surface area contributed by atoms with Gasteiger partial charge in [0, 0.05) is 33.9 Å². The number of benzene rings is 1. The Morgan fingerprint density at radius 2 is 2.05 bits per heavy atom. The Morgan fingerprint density at radius 1 is 1.18 bits per heavy atom. The van der Waals surface area contributed by atoms with Crippen molar-refractivity contribution in [1.29, 1.82) is 0 Å². The molecule has 1 aromatic carbocycles. The lowest BCUT2D eigenvalue weighted by Crippen LogP contribution is -2.00. The number of rotatable bonds is 1. The fraction of sp³-hybridized carbons (Fsp3) is 0.0625. The molecule has 0 atom stereocenters. The molecule has 3 heterocycles. The van der Waals surface area contributed by atoms with Crippen LogP contribution in [0.4, 0.5) is 5.69 Å². The van der Waals surface area contributed by atoms with E-state index < -0.39 is 0 Å². The van der Waals surface area contributed by atoms with Gasteiger partial charge >= 0.3 is 0 Å². The molecule has 0 spiro atoms. The van der Waals surface area contributed by atoms with E-state index in [9.17, 15) is 0 Å². The van der Waals surface area contributed by atoms with Crippen molar-refractivity contribution in [3.8, 4) is 11.1 Å². The number of hydrogen-bond acceptors (Lipinski definition) is 4. The summed E-state index contributed by atoms with van der Waals surface area (Å²) in [5.74, 6) is 0.784. The van der Waals surface area contributed by atoms with Crippen molar-refractivity contribution in [2.75, 3.05) is 5.73 Å². The van der Waals surface area contributed by atoms with Gasteiger partial charge in [0.05, 0.1) is 11.2 Å². The molecule has 0 fully saturated rings. The number of anilines is 1. The van der Waals surface area contributed by atoms with Crippen molar-refractivity contribution in [3.63, 3.8) is 0 Å². The molecule has 0 unspecified atom stereocenters. The Morgan fingerprint density at radius 3 is 2.82 bits per heavy atom. The van der Waals surface area contributed by atoms with E-state index in [4.69, 9.17) is 17.3 Å². The summed E-state index contributed by atoms with van der Waals surface area (Å²) in [4.78, 5) is 4.19. The standard InChI is InChI=1S/C16H12ClN5/c1-9-20-21-16-15(18)14(10-3-2-6-19-8-10)12-7-11(17)4-5-13(12)22(9)16/h2-8H,18H2,1H3. The fourth-order valence-electron chi connectivity index (χ4n) is 2.81. The highest BCUT2D eigenvalue weighted by molar-refractivity contribution is 6.31. The van der Waals surface area contributed by atoms with E-state index in [1.807, 2.05) is 41.7 Å². The van der Waals surface area contributed by atoms with Crippen LogP contribution in [-0.2, 0) is 0 Å². The first-order valence-corrected chi connectivity index (χ1v) is 7.17. The van der Waals surface area contributed by atoms with E-state index in [-0.39, 0.29) is 0 Å². The van der Waals surface area contributed by atoms with Gasteiger partial charge in [-0.25, -0.2) is 0 Å². The van der Waals surface area contributed by atoms with Gasteiger partial charge in [-0.05, 0) is 31.2 Å². The van der Waals surface area contributed by atoms with Crippen LogP contribution in [0, 0.1) is 6.92 Å². The van der Waals surface area contributed by atoms with E-state index in [1.54, 1.807) is 12.4 Å². The fourth-order valence-corrected chi connectivity index (χ4v) is 2.98. The number of nitrogen functional groups attached to an aromatic ring is 1. The van der Waals surface area contributed by atoms with Gasteiger partial charge in [-0.15, -0.1) is 10.2 Å². The molecule has 0 saturated carbocycles. The first-order valence-electron chi connectivity index (χ1n) is 6.79. The summed E-state index contributed by atoms with van der Waals surface area (Å²) in [6.45, 7) is 1.90. The van der Waals surface area contributed by atoms with E-state index in [2.05, 4.69) is 15.2 Å². The van der Waals surface area contributed by atoms with Gasteiger partial charge in [-0.3, -0.25) is 9.38 Å². The predicted molar refractivity (Wildman–Crippen MR) is 87.9 cm³/mol. The Kier molecular flexibility index (Phi) is 2.77. The molecule has 0 bridgehead atoms. The molecule has 22 heavy (non-hydrogen) atoms. The van der Waals surface area contributed by atoms with Crippen molar-refractivity contribution in [3.05, 3.63) is 53.6 Å². The number of nitrogens with zero attached hydrogens (tertiary/aromatic N) is 4. The number of aryl methyl sites for hydroxylation is 1. The Balaban J connectivity index is 2.27. The van der Waals surface area contributed by atoms with Gasteiger partial charge in [-0.2, -0.15) is 0 Å². The third kappa shape index (κ3) is 1.76. The van der Waals surface area contributed by atoms with Crippen molar-refractivity contribution < 1.29 is 0 Å². The molecular weight excluding hydrogens is 298 g/mol. The molecule has 6 heteroatoms. The molecule has 0 aliphatic carbocycles. The van der Waals surface area contributed by atoms with E-state index in [0.717, 1.165) is 27.9 Å². The lowest BCUT2D eigenvalue weighted by molar-refractivity contribution is 1.02. The third-order valence-electron chi connectivity index (χ3n) is 3.75. The number of fused-ring (bicyclic) bond motifs is 3. The van der Waals surface area contributed by atoms with Crippen LogP contribution >= 0.6 is 11.6 Å². The maximum Gasteiger partial charge on any atom is 0.185 e. The zero-order chi connectivity index (χ0) is 15.3. The monoisotopic (exact) mass is 309 g/mol. The highest BCUT2D eigenvalue weighted by atomic mass is 35.5. The molecule has 108 valence electrons. The Bertz CT molecular complexity index is 1010. The average Bonchev–Trinajstić information content (AvgIpc) is 2.91. The molecule has 5 nitrogen and oxygen atoms in total. The lowest BCUT2D eigenvalue weighted by atomic mass is 10.0. The summed E-state index contributed by atoms with van der Waals surface area (Å²) in [5, 5.41) is 9.97. The van der Waals surface area contributed by atoms with Gasteiger partial charge in [0.25, 0.3) is 0 Å². The topological polar surface area (TPSA) is 69.1 Å². The van der Waals surface area contributed by atoms with Gasteiger partial charge in [0.2, 0.25) is 0 Å². The Labute approximate surface area is 131 Å². The highest BCUT2D eigenvalue weighted by Gasteiger charge is 2.17. The molecule has 0 amide bonds. The molecular formula is C16H12ClN5. The second-order valence-electron chi connectivity index (χ2n) is 5.10. The van der Waals surface area contributed by atoms with E-state index in [1.165, 1.54) is 0 Å². The zero-order valence-electron chi connectivity index (χ0n) is 11.8. The van der Waals surface area contributed by atoms with Crippen LogP contribution in [0.3, 0.4) is 0 Å². The van der Waals surface area contributed by atoms with Crippen LogP contribution in [-0.4, -0.2) is 19.6 Å². The minimum absolute atomic E-state index is 0.573. The summed E-state index contributed by atoms with van der Waals surface area (Å²) in [6, 6.07) is 9.57. The summed E-state index contributed by atoms with van der Waals surface area (Å²) in [5.41, 5.74) is 10.4. The molecule has 0 aliphatic heterocycles. The lowest BCUT2D eigenvalue weighted by Gasteiger charge is -2.13. The zero-order valence-corrected chi connectivity index (χ0v) is 12.5. The van der Waals surface area contributed by atoms with Crippen LogP contribution in [0.15, 0.2) is 42.7 Å². The molecule has 3 aromatic heterocycles. The summed E-state index contributed by atoms with van der Waals surface area (Å²) in [7, 11) is 0. The van der Waals surface area contributed by atoms with Crippen LogP contribution in [0.5, 0.6) is 0 Å². The van der Waals surface area contributed by atoms with E-state index >= 15 is 0 Å². The normalized spacial score (nSPS) is 11.4. The number of nitrogens with two attached hydrogens (primary N) is 1. The van der Waals surface area contributed by atoms with Crippen LogP contribution in [0.25, 0.3) is 27.7 Å². The first kappa shape index (κ1) is 13.0. The predicted octanol–water partition coefficient (Wildman–Crippen LogP) is 3.49. The van der Waals surface area contributed by atoms with Crippen molar-refractivity contribution in [2.45, 2.75) is 6.92 Å². The summed E-state index contributed by atoms with van der Waals surface area (Å²) < 4.78 is 1.95. The molecule has 4 aromatic rings. The van der Waals surface area contributed by atoms with Crippen molar-refractivity contribution in [1.82, 2.24) is 19.6 Å². The largest absolute Gasteiger partial charge is 0.395 e. The quantitative estimate of drug-likeness (QED) is 0.584. The second-order valence-corrected chi connectivity index (χ2v) is 5.53. The first-order chi connectivity index (χ1) is 10.7. The second kappa shape index (κ2) is 4.68. The number of aromatic nitrogens is 4. The SMILES string of the molecule is Cc1nnc2c(N)c(-c3cccnc3)c3cc(Cl)ccc3n12. The number of hydrogen-bond donors (Lipinski definition) is 1. The van der Waals surface area contributed by atoms with Crippen LogP contribution < -0.4 is 5.73 Å². The summed E-state index contributed by atoms with van der Waals surface area (Å²) >= 11 is 6.20. The summed E-state index contributed by atoms with van der Waals surface area (Å²) in [6.07, 6.45) is 3.51. The maximum atomic E-state index is 6.39. The van der Waals surface area contributed by atoms with Crippen molar-refractivity contribution in [2.24, 2.45) is 0 Å². The van der Waals surface area contributed by atoms with Gasteiger partial charge in [0.1, 0.15) is 5.82 Å². The number of pyridine rings is 2. The van der Waals surface area contributed by atoms with Crippen molar-refractivity contribution >= 4 is 33.8 Å². The molecule has 0 radical (unpaired) electrons. The Hall–Kier alpha value is -2.66. The molecule has 0 aliphatic rings. The maximum absolute atomic E-state index is 6.39. The van der Waals surface area contributed by atoms with Gasteiger partial charge in [-0.1, -0.05) is 17.7 Å². The minimum Gasteiger partial charge on any atom is -0.395 e. The van der Waals surface area contributed by atoms with E-state index in [0.29, 0.717) is 16.4 Å². The smallest absolute Gasteiger partial charge is 0.185 e. The van der Waals surface area contributed by atoms with Crippen LogP contribution in [0.1, 0.15) is 5.82 Å². The molecule has 0 saturated heterocycles.